The molecule has 0 bridgehead atoms. The first kappa shape index (κ1) is 12.4. The molecule has 4 heteroatoms. The van der Waals surface area contributed by atoms with Crippen LogP contribution in [0, 0.1) is 0 Å². The van der Waals surface area contributed by atoms with E-state index in [1.54, 1.807) is 11.3 Å². The summed E-state index contributed by atoms with van der Waals surface area (Å²) < 4.78 is 0. The van der Waals surface area contributed by atoms with Gasteiger partial charge >= 0.3 is 5.97 Å². The van der Waals surface area contributed by atoms with E-state index in [-0.39, 0.29) is 0 Å². The molecule has 1 heterocycles. The fraction of sp³-hybridized carbons (Fsp3) is 0.333. The molecule has 1 aromatic carbocycles. The average molecular weight is 273 g/mol. The van der Waals surface area contributed by atoms with Crippen molar-refractivity contribution >= 4 is 17.3 Å². The van der Waals surface area contributed by atoms with Gasteiger partial charge in [-0.2, -0.15) is 0 Å². The van der Waals surface area contributed by atoms with Crippen LogP contribution in [0.4, 0.5) is 0 Å². The zero-order valence-corrected chi connectivity index (χ0v) is 11.5. The molecule has 0 aliphatic heterocycles. The lowest BCUT2D eigenvalue weighted by atomic mass is 10.1. The van der Waals surface area contributed by atoms with Gasteiger partial charge in [-0.1, -0.05) is 31.2 Å². The number of thiazole rings is 1. The smallest absolute Gasteiger partial charge is 0.312 e. The van der Waals surface area contributed by atoms with E-state index < -0.39 is 11.9 Å². The number of aryl methyl sites for hydroxylation is 2. The van der Waals surface area contributed by atoms with E-state index in [0.29, 0.717) is 6.42 Å². The summed E-state index contributed by atoms with van der Waals surface area (Å²) in [4.78, 5) is 17.0. The van der Waals surface area contributed by atoms with Gasteiger partial charge in [-0.05, 0) is 24.8 Å². The standard InChI is InChI=1S/C15H15NO2S/c1-2-9-5-3-4-6-10(9)14-16-13-11(15(17)18)7-8-12(13)19-14/h3-6,11H,2,7-8H2,1H3,(H,17,18). The third-order valence-electron chi connectivity index (χ3n) is 3.64. The van der Waals surface area contributed by atoms with Crippen LogP contribution in [-0.4, -0.2) is 16.1 Å². The maximum absolute atomic E-state index is 11.2. The van der Waals surface area contributed by atoms with Gasteiger partial charge in [0.15, 0.2) is 0 Å². The van der Waals surface area contributed by atoms with Gasteiger partial charge in [0.05, 0.1) is 5.69 Å². The van der Waals surface area contributed by atoms with Crippen molar-refractivity contribution in [2.45, 2.75) is 32.1 Å². The van der Waals surface area contributed by atoms with Crippen LogP contribution >= 0.6 is 11.3 Å². The van der Waals surface area contributed by atoms with Crippen LogP contribution in [0.1, 0.15) is 35.4 Å². The van der Waals surface area contributed by atoms with Crippen LogP contribution < -0.4 is 0 Å². The minimum Gasteiger partial charge on any atom is -0.481 e. The quantitative estimate of drug-likeness (QED) is 0.931. The van der Waals surface area contributed by atoms with Crippen molar-refractivity contribution in [2.24, 2.45) is 0 Å². The molecule has 1 unspecified atom stereocenters. The summed E-state index contributed by atoms with van der Waals surface area (Å²) in [7, 11) is 0. The second-order valence-corrected chi connectivity index (χ2v) is 5.85. The highest BCUT2D eigenvalue weighted by atomic mass is 32.1. The van der Waals surface area contributed by atoms with E-state index in [1.807, 2.05) is 12.1 Å². The number of hydrogen-bond donors (Lipinski definition) is 1. The molecule has 0 saturated carbocycles. The molecule has 2 aromatic rings. The Kier molecular flexibility index (Phi) is 3.11. The van der Waals surface area contributed by atoms with Crippen molar-refractivity contribution in [3.8, 4) is 10.6 Å². The molecule has 0 fully saturated rings. The number of aliphatic carboxylic acids is 1. The number of fused-ring (bicyclic) bond motifs is 1. The van der Waals surface area contributed by atoms with E-state index in [4.69, 9.17) is 0 Å². The third kappa shape index (κ3) is 2.06. The highest BCUT2D eigenvalue weighted by Gasteiger charge is 2.32. The summed E-state index contributed by atoms with van der Waals surface area (Å²) in [6.07, 6.45) is 2.50. The molecule has 0 amide bonds. The molecule has 19 heavy (non-hydrogen) atoms. The number of benzene rings is 1. The molecule has 1 N–H and O–H groups in total. The molecule has 1 aromatic heterocycles. The number of aromatic nitrogens is 1. The van der Waals surface area contributed by atoms with Crippen molar-refractivity contribution < 1.29 is 9.90 Å². The van der Waals surface area contributed by atoms with Gasteiger partial charge < -0.3 is 5.11 Å². The number of carbonyl (C=O) groups is 1. The second kappa shape index (κ2) is 4.78. The molecule has 1 atom stereocenters. The fourth-order valence-corrected chi connectivity index (χ4v) is 3.82. The van der Waals surface area contributed by atoms with Gasteiger partial charge in [-0.25, -0.2) is 4.98 Å². The van der Waals surface area contributed by atoms with Gasteiger partial charge in [0, 0.05) is 10.4 Å². The van der Waals surface area contributed by atoms with E-state index in [9.17, 15) is 9.90 Å². The third-order valence-corrected chi connectivity index (χ3v) is 4.81. The van der Waals surface area contributed by atoms with Crippen molar-refractivity contribution in [3.63, 3.8) is 0 Å². The minimum atomic E-state index is -0.751. The van der Waals surface area contributed by atoms with Crippen molar-refractivity contribution in [1.29, 1.82) is 0 Å². The Bertz CT molecular complexity index is 633. The largest absolute Gasteiger partial charge is 0.481 e. The normalized spacial score (nSPS) is 17.4. The van der Waals surface area contributed by atoms with Crippen LogP contribution in [0.15, 0.2) is 24.3 Å². The summed E-state index contributed by atoms with van der Waals surface area (Å²) in [5.41, 5.74) is 3.20. The Hall–Kier alpha value is -1.68. The minimum absolute atomic E-state index is 0.409. The maximum Gasteiger partial charge on any atom is 0.312 e. The predicted molar refractivity (Wildman–Crippen MR) is 75.6 cm³/mol. The van der Waals surface area contributed by atoms with E-state index in [2.05, 4.69) is 24.0 Å². The molecule has 0 saturated heterocycles. The van der Waals surface area contributed by atoms with Crippen LogP contribution in [0.25, 0.3) is 10.6 Å². The lowest BCUT2D eigenvalue weighted by molar-refractivity contribution is -0.138. The zero-order chi connectivity index (χ0) is 13.4. The van der Waals surface area contributed by atoms with Crippen LogP contribution in [0.2, 0.25) is 0 Å². The fourth-order valence-electron chi connectivity index (χ4n) is 2.62. The number of nitrogens with zero attached hydrogens (tertiary/aromatic N) is 1. The average Bonchev–Trinajstić information content (AvgIpc) is 2.97. The number of carboxylic acids is 1. The highest BCUT2D eigenvalue weighted by molar-refractivity contribution is 7.15. The summed E-state index contributed by atoms with van der Waals surface area (Å²) in [6.45, 7) is 2.13. The summed E-state index contributed by atoms with van der Waals surface area (Å²) in [6, 6.07) is 8.22. The Morgan fingerprint density at radius 3 is 3.00 bits per heavy atom. The number of carboxylic acid groups (broad SMARTS) is 1. The Balaban J connectivity index is 2.05. The monoisotopic (exact) mass is 273 g/mol. The predicted octanol–water partition coefficient (Wildman–Crippen LogP) is 3.49. The lowest BCUT2D eigenvalue weighted by Crippen LogP contribution is -2.08. The molecule has 1 aliphatic rings. The number of hydrogen-bond acceptors (Lipinski definition) is 3. The second-order valence-electron chi connectivity index (χ2n) is 4.77. The van der Waals surface area contributed by atoms with Gasteiger partial charge in [0.25, 0.3) is 0 Å². The van der Waals surface area contributed by atoms with E-state index >= 15 is 0 Å². The van der Waals surface area contributed by atoms with Crippen LogP contribution in [0.3, 0.4) is 0 Å². The molecular weight excluding hydrogens is 258 g/mol. The molecule has 98 valence electrons. The van der Waals surface area contributed by atoms with Crippen LogP contribution in [0.5, 0.6) is 0 Å². The molecule has 0 radical (unpaired) electrons. The number of rotatable bonds is 3. The summed E-state index contributed by atoms with van der Waals surface area (Å²) in [5.74, 6) is -1.16. The lowest BCUT2D eigenvalue weighted by Gasteiger charge is -2.05. The Labute approximate surface area is 115 Å². The van der Waals surface area contributed by atoms with Crippen molar-refractivity contribution in [3.05, 3.63) is 40.4 Å². The van der Waals surface area contributed by atoms with Gasteiger partial charge in [0.1, 0.15) is 10.9 Å². The molecule has 3 nitrogen and oxygen atoms in total. The van der Waals surface area contributed by atoms with Gasteiger partial charge in [0.2, 0.25) is 0 Å². The molecule has 1 aliphatic carbocycles. The van der Waals surface area contributed by atoms with Crippen LogP contribution in [-0.2, 0) is 17.6 Å². The first-order valence-electron chi connectivity index (χ1n) is 6.51. The highest BCUT2D eigenvalue weighted by Crippen LogP contribution is 2.40. The molecule has 0 spiro atoms. The van der Waals surface area contributed by atoms with Gasteiger partial charge in [-0.15, -0.1) is 11.3 Å². The zero-order valence-electron chi connectivity index (χ0n) is 10.7. The molecular formula is C15H15NO2S. The van der Waals surface area contributed by atoms with Crippen molar-refractivity contribution in [2.75, 3.05) is 0 Å². The SMILES string of the molecule is CCc1ccccc1-c1nc2c(s1)CCC2C(=O)O. The van der Waals surface area contributed by atoms with Gasteiger partial charge in [-0.3, -0.25) is 4.79 Å². The van der Waals surface area contributed by atoms with Crippen molar-refractivity contribution in [1.82, 2.24) is 4.98 Å². The topological polar surface area (TPSA) is 50.2 Å². The maximum atomic E-state index is 11.2. The van der Waals surface area contributed by atoms with E-state index in [0.717, 1.165) is 34.0 Å². The first-order valence-corrected chi connectivity index (χ1v) is 7.33. The summed E-state index contributed by atoms with van der Waals surface area (Å²) in [5, 5.41) is 10.2. The summed E-state index contributed by atoms with van der Waals surface area (Å²) >= 11 is 1.65. The molecule has 3 rings (SSSR count). The Morgan fingerprint density at radius 1 is 1.47 bits per heavy atom. The van der Waals surface area contributed by atoms with E-state index in [1.165, 1.54) is 5.56 Å². The first-order chi connectivity index (χ1) is 9.20. The Morgan fingerprint density at radius 2 is 2.26 bits per heavy atom.